The molecule has 0 saturated heterocycles. The van der Waals surface area contributed by atoms with Crippen LogP contribution < -0.4 is 21.7 Å². The molecular formula is C35H29N5O4. The quantitative estimate of drug-likeness (QED) is 0.205. The average molecular weight is 584 g/mol. The van der Waals surface area contributed by atoms with E-state index in [1.54, 1.807) is 38.1 Å². The second kappa shape index (κ2) is 13.3. The third-order valence-electron chi connectivity index (χ3n) is 6.98. The van der Waals surface area contributed by atoms with Gasteiger partial charge in [-0.15, -0.1) is 0 Å². The summed E-state index contributed by atoms with van der Waals surface area (Å²) in [5.74, 6) is -2.32. The molecule has 5 aromatic rings. The number of rotatable bonds is 6. The number of aromatic nitrogens is 1. The Bertz CT molecular complexity index is 1690. The van der Waals surface area contributed by atoms with Gasteiger partial charge in [0.2, 0.25) is 0 Å². The van der Waals surface area contributed by atoms with Gasteiger partial charge in [-0.25, -0.2) is 0 Å². The lowest BCUT2D eigenvalue weighted by molar-refractivity contribution is 0.0841. The number of benzene rings is 4. The molecular weight excluding hydrogens is 554 g/mol. The number of hydrazine groups is 2. The lowest BCUT2D eigenvalue weighted by Gasteiger charge is -2.13. The first kappa shape index (κ1) is 29.4. The molecule has 1 heterocycles. The Balaban J connectivity index is 1.19. The van der Waals surface area contributed by atoms with Gasteiger partial charge < -0.3 is 0 Å². The van der Waals surface area contributed by atoms with Crippen LogP contribution in [0.5, 0.6) is 0 Å². The molecule has 0 aliphatic rings. The topological polar surface area (TPSA) is 129 Å². The van der Waals surface area contributed by atoms with E-state index >= 15 is 0 Å². The van der Waals surface area contributed by atoms with Gasteiger partial charge in [-0.05, 0) is 66.4 Å². The smallest absolute Gasteiger partial charge is 0.267 e. The van der Waals surface area contributed by atoms with Gasteiger partial charge in [-0.3, -0.25) is 45.9 Å². The van der Waals surface area contributed by atoms with E-state index in [1.807, 2.05) is 84.9 Å². The summed E-state index contributed by atoms with van der Waals surface area (Å²) in [5.41, 5.74) is 15.1. The lowest BCUT2D eigenvalue weighted by Crippen LogP contribution is -2.43. The summed E-state index contributed by atoms with van der Waals surface area (Å²) in [6.07, 6.45) is 0. The van der Waals surface area contributed by atoms with Gasteiger partial charge in [-0.1, -0.05) is 84.9 Å². The van der Waals surface area contributed by atoms with E-state index in [4.69, 9.17) is 0 Å². The number of nitrogens with zero attached hydrogens (tertiary/aromatic N) is 1. The van der Waals surface area contributed by atoms with Crippen molar-refractivity contribution in [2.45, 2.75) is 13.8 Å². The molecule has 44 heavy (non-hydrogen) atoms. The van der Waals surface area contributed by atoms with Crippen LogP contribution in [0.2, 0.25) is 0 Å². The van der Waals surface area contributed by atoms with E-state index in [2.05, 4.69) is 26.7 Å². The minimum absolute atomic E-state index is 0.0864. The molecule has 0 radical (unpaired) electrons. The molecule has 1 aromatic heterocycles. The molecule has 4 amide bonds. The van der Waals surface area contributed by atoms with Crippen molar-refractivity contribution in [2.75, 3.05) is 0 Å². The van der Waals surface area contributed by atoms with Crippen LogP contribution in [0.15, 0.2) is 115 Å². The number of pyridine rings is 1. The maximum absolute atomic E-state index is 12.9. The van der Waals surface area contributed by atoms with Gasteiger partial charge in [0.25, 0.3) is 23.6 Å². The van der Waals surface area contributed by atoms with Gasteiger partial charge in [0.05, 0.1) is 22.5 Å². The summed E-state index contributed by atoms with van der Waals surface area (Å²) in [7, 11) is 0. The van der Waals surface area contributed by atoms with Crippen molar-refractivity contribution in [2.24, 2.45) is 0 Å². The third-order valence-corrected chi connectivity index (χ3v) is 6.98. The first-order valence-electron chi connectivity index (χ1n) is 13.8. The second-order valence-electron chi connectivity index (χ2n) is 9.96. The minimum Gasteiger partial charge on any atom is -0.267 e. The summed E-state index contributed by atoms with van der Waals surface area (Å²) in [6.45, 7) is 3.24. The van der Waals surface area contributed by atoms with Crippen LogP contribution in [0.4, 0.5) is 0 Å². The van der Waals surface area contributed by atoms with Crippen molar-refractivity contribution >= 4 is 23.6 Å². The first-order valence-corrected chi connectivity index (χ1v) is 13.8. The molecule has 4 aromatic carbocycles. The van der Waals surface area contributed by atoms with Crippen LogP contribution in [0.1, 0.15) is 52.8 Å². The summed E-state index contributed by atoms with van der Waals surface area (Å²) in [6, 6.07) is 34.8. The Hall–Kier alpha value is -6.09. The lowest BCUT2D eigenvalue weighted by atomic mass is 10.0. The molecule has 4 N–H and O–H groups in total. The Morgan fingerprint density at radius 3 is 1.11 bits per heavy atom. The van der Waals surface area contributed by atoms with E-state index in [0.717, 1.165) is 22.3 Å². The van der Waals surface area contributed by atoms with E-state index in [1.165, 1.54) is 6.07 Å². The van der Waals surface area contributed by atoms with Crippen LogP contribution in [0, 0.1) is 13.8 Å². The highest BCUT2D eigenvalue weighted by Gasteiger charge is 2.19. The Morgan fingerprint density at radius 2 is 0.750 bits per heavy atom. The number of hydrogen-bond acceptors (Lipinski definition) is 5. The molecule has 9 heteroatoms. The molecule has 0 saturated carbocycles. The zero-order chi connectivity index (χ0) is 31.1. The molecule has 0 spiro atoms. The standard InChI is InChI=1S/C35H29N5O4/c1-22-30(34(43)39-37-32(41)28-17-13-26(14-18-28)24-9-5-3-6-10-24)21-31(23(2)36-22)35(44)40-38-33(42)29-19-15-27(16-20-29)25-11-7-4-8-12-25/h3-21H,1-2H3,(H,37,41)(H,38,42)(H,39,43)(H,40,44). The molecule has 0 aliphatic carbocycles. The summed E-state index contributed by atoms with van der Waals surface area (Å²) < 4.78 is 0. The van der Waals surface area contributed by atoms with Crippen molar-refractivity contribution < 1.29 is 19.2 Å². The Labute approximate surface area is 254 Å². The summed E-state index contributed by atoms with van der Waals surface area (Å²) >= 11 is 0. The number of nitrogens with one attached hydrogen (secondary N) is 4. The van der Waals surface area contributed by atoms with Crippen molar-refractivity contribution in [3.8, 4) is 22.3 Å². The van der Waals surface area contributed by atoms with E-state index in [-0.39, 0.29) is 11.1 Å². The largest absolute Gasteiger partial charge is 0.271 e. The molecule has 0 bridgehead atoms. The first-order chi connectivity index (χ1) is 21.3. The van der Waals surface area contributed by atoms with Gasteiger partial charge in [0, 0.05) is 11.1 Å². The van der Waals surface area contributed by atoms with Crippen LogP contribution in [0.3, 0.4) is 0 Å². The van der Waals surface area contributed by atoms with Gasteiger partial charge in [0.15, 0.2) is 0 Å². The Kier molecular flexibility index (Phi) is 8.86. The highest BCUT2D eigenvalue weighted by molar-refractivity contribution is 6.03. The number of aryl methyl sites for hydroxylation is 2. The van der Waals surface area contributed by atoms with Crippen molar-refractivity contribution in [3.63, 3.8) is 0 Å². The average Bonchev–Trinajstić information content (AvgIpc) is 3.06. The maximum Gasteiger partial charge on any atom is 0.271 e. The number of carbonyl (C=O) groups excluding carboxylic acids is 4. The SMILES string of the molecule is Cc1nc(C)c(C(=O)NNC(=O)c2ccc(-c3ccccc3)cc2)cc1C(=O)NNC(=O)c1ccc(-c2ccccc2)cc1. The molecule has 0 aliphatic heterocycles. The fraction of sp³-hybridized carbons (Fsp3) is 0.0571. The van der Waals surface area contributed by atoms with Crippen LogP contribution in [0.25, 0.3) is 22.3 Å². The Morgan fingerprint density at radius 1 is 0.432 bits per heavy atom. The van der Waals surface area contributed by atoms with E-state index in [9.17, 15) is 19.2 Å². The summed E-state index contributed by atoms with van der Waals surface area (Å²) in [5, 5.41) is 0. The fourth-order valence-corrected chi connectivity index (χ4v) is 4.58. The maximum atomic E-state index is 12.9. The minimum atomic E-state index is -0.652. The van der Waals surface area contributed by atoms with Gasteiger partial charge in [0.1, 0.15) is 0 Å². The third kappa shape index (κ3) is 6.85. The predicted octanol–water partition coefficient (Wildman–Crippen LogP) is 5.18. The van der Waals surface area contributed by atoms with Crippen molar-refractivity contribution in [1.82, 2.24) is 26.7 Å². The predicted molar refractivity (Wildman–Crippen MR) is 167 cm³/mol. The monoisotopic (exact) mass is 583 g/mol. The van der Waals surface area contributed by atoms with Crippen LogP contribution in [-0.4, -0.2) is 28.6 Å². The zero-order valence-corrected chi connectivity index (χ0v) is 24.0. The van der Waals surface area contributed by atoms with Gasteiger partial charge >= 0.3 is 0 Å². The molecule has 9 nitrogen and oxygen atoms in total. The highest BCUT2D eigenvalue weighted by atomic mass is 16.2. The molecule has 0 fully saturated rings. The molecule has 5 rings (SSSR count). The summed E-state index contributed by atoms with van der Waals surface area (Å²) in [4.78, 5) is 55.5. The molecule has 0 atom stereocenters. The van der Waals surface area contributed by atoms with Crippen LogP contribution in [-0.2, 0) is 0 Å². The van der Waals surface area contributed by atoms with Crippen molar-refractivity contribution in [1.29, 1.82) is 0 Å². The van der Waals surface area contributed by atoms with Crippen molar-refractivity contribution in [3.05, 3.63) is 149 Å². The number of hydrogen-bond donors (Lipinski definition) is 4. The number of carbonyl (C=O) groups is 4. The number of amides is 4. The van der Waals surface area contributed by atoms with E-state index < -0.39 is 23.6 Å². The second-order valence-corrected chi connectivity index (χ2v) is 9.96. The molecule has 0 unspecified atom stereocenters. The van der Waals surface area contributed by atoms with E-state index in [0.29, 0.717) is 22.5 Å². The molecule has 218 valence electrons. The zero-order valence-electron chi connectivity index (χ0n) is 24.0. The normalized spacial score (nSPS) is 10.4. The highest BCUT2D eigenvalue weighted by Crippen LogP contribution is 2.20. The fourth-order valence-electron chi connectivity index (χ4n) is 4.58. The van der Waals surface area contributed by atoms with Gasteiger partial charge in [-0.2, -0.15) is 0 Å². The van der Waals surface area contributed by atoms with Crippen LogP contribution >= 0.6 is 0 Å².